The molecule has 0 bridgehead atoms. The molecule has 6 nitrogen and oxygen atoms in total. The maximum Gasteiger partial charge on any atom is 0.446 e. The van der Waals surface area contributed by atoms with Gasteiger partial charge in [0.2, 0.25) is 0 Å². The molecule has 180 valence electrons. The van der Waals surface area contributed by atoms with E-state index in [4.69, 9.17) is 5.26 Å². The molecule has 0 spiro atoms. The van der Waals surface area contributed by atoms with Gasteiger partial charge in [-0.2, -0.15) is 32.3 Å². The molecular weight excluding hydrogens is 479 g/mol. The standard InChI is InChI=1S/C22H19F5N4O2S/c23-20(24)33-17-8-4-14(5-9-17)19-15(3-1-2-12-28)13-31(30-19)21(32)29-16-6-10-18(11-7-16)34-22(25,26)27/h4-11,15,20H,1-3,13H2,(H,29,32). The van der Waals surface area contributed by atoms with Crippen molar-refractivity contribution in [3.8, 4) is 11.8 Å². The summed E-state index contributed by atoms with van der Waals surface area (Å²) in [5.74, 6) is -0.202. The molecule has 0 radical (unpaired) electrons. The van der Waals surface area contributed by atoms with E-state index in [0.29, 0.717) is 36.2 Å². The second-order valence-corrected chi connectivity index (χ2v) is 8.36. The summed E-state index contributed by atoms with van der Waals surface area (Å²) < 4.78 is 66.6. The molecule has 1 heterocycles. The first-order chi connectivity index (χ1) is 16.1. The number of thioether (sulfide) groups is 1. The minimum Gasteiger partial charge on any atom is -0.435 e. The Morgan fingerprint density at radius 2 is 1.88 bits per heavy atom. The fourth-order valence-electron chi connectivity index (χ4n) is 3.36. The molecule has 1 atom stereocenters. The van der Waals surface area contributed by atoms with Crippen LogP contribution >= 0.6 is 11.8 Å². The number of carbonyl (C=O) groups is 1. The molecule has 2 aromatic carbocycles. The molecule has 34 heavy (non-hydrogen) atoms. The monoisotopic (exact) mass is 498 g/mol. The van der Waals surface area contributed by atoms with Crippen LogP contribution in [0.1, 0.15) is 24.8 Å². The molecule has 1 N–H and O–H groups in total. The highest BCUT2D eigenvalue weighted by Crippen LogP contribution is 2.37. The van der Waals surface area contributed by atoms with Crippen LogP contribution in [0, 0.1) is 17.2 Å². The van der Waals surface area contributed by atoms with Gasteiger partial charge in [-0.25, -0.2) is 9.80 Å². The molecule has 1 unspecified atom stereocenters. The van der Waals surface area contributed by atoms with E-state index < -0.39 is 18.2 Å². The molecule has 0 aliphatic carbocycles. The van der Waals surface area contributed by atoms with Crippen molar-refractivity contribution >= 4 is 29.2 Å². The van der Waals surface area contributed by atoms with Crippen molar-refractivity contribution in [3.63, 3.8) is 0 Å². The molecule has 2 amide bonds. The maximum atomic E-state index is 12.7. The number of rotatable bonds is 8. The lowest BCUT2D eigenvalue weighted by molar-refractivity contribution is -0.0498. The summed E-state index contributed by atoms with van der Waals surface area (Å²) in [4.78, 5) is 12.7. The van der Waals surface area contributed by atoms with Crippen molar-refractivity contribution in [2.24, 2.45) is 11.0 Å². The molecule has 1 aliphatic rings. The summed E-state index contributed by atoms with van der Waals surface area (Å²) in [6.07, 6.45) is 1.49. The van der Waals surface area contributed by atoms with E-state index in [0.717, 1.165) is 0 Å². The number of nitrogens with zero attached hydrogens (tertiary/aromatic N) is 3. The fraction of sp³-hybridized carbons (Fsp3) is 0.318. The van der Waals surface area contributed by atoms with E-state index in [1.807, 2.05) is 0 Å². The maximum absolute atomic E-state index is 12.7. The number of halogens is 5. The number of urea groups is 1. The number of nitrogens with one attached hydrogen (secondary N) is 1. The Labute approximate surface area is 196 Å². The topological polar surface area (TPSA) is 77.7 Å². The van der Waals surface area contributed by atoms with Gasteiger partial charge in [0.25, 0.3) is 0 Å². The number of amides is 2. The lowest BCUT2D eigenvalue weighted by atomic mass is 9.92. The molecule has 0 saturated carbocycles. The molecule has 2 aromatic rings. The van der Waals surface area contributed by atoms with Crippen LogP contribution < -0.4 is 10.1 Å². The largest absolute Gasteiger partial charge is 0.446 e. The third-order valence-electron chi connectivity index (χ3n) is 4.80. The first-order valence-electron chi connectivity index (χ1n) is 10.1. The molecule has 3 rings (SSSR count). The molecule has 0 saturated heterocycles. The lowest BCUT2D eigenvalue weighted by Crippen LogP contribution is -2.30. The van der Waals surface area contributed by atoms with E-state index in [2.05, 4.69) is 21.2 Å². The second kappa shape index (κ2) is 11.2. The number of nitriles is 1. The Hall–Kier alpha value is -3.33. The SMILES string of the molecule is N#CCCCC1CN(C(=O)Nc2ccc(SC(F)(F)F)cc2)N=C1c1ccc(OC(F)F)cc1. The van der Waals surface area contributed by atoms with E-state index >= 15 is 0 Å². The van der Waals surface area contributed by atoms with Gasteiger partial charge in [-0.05, 0) is 78.7 Å². The fourth-order valence-corrected chi connectivity index (χ4v) is 3.90. The summed E-state index contributed by atoms with van der Waals surface area (Å²) in [7, 11) is 0. The van der Waals surface area contributed by atoms with Gasteiger partial charge in [-0.3, -0.25) is 0 Å². The number of ether oxygens (including phenoxy) is 1. The van der Waals surface area contributed by atoms with Gasteiger partial charge >= 0.3 is 18.2 Å². The van der Waals surface area contributed by atoms with Crippen molar-refractivity contribution in [1.82, 2.24) is 5.01 Å². The smallest absolute Gasteiger partial charge is 0.435 e. The van der Waals surface area contributed by atoms with Crippen molar-refractivity contribution in [2.75, 3.05) is 11.9 Å². The normalized spacial score (nSPS) is 15.7. The molecule has 0 fully saturated rings. The van der Waals surface area contributed by atoms with Gasteiger partial charge in [-0.15, -0.1) is 0 Å². The minimum absolute atomic E-state index is 0.0104. The summed E-state index contributed by atoms with van der Waals surface area (Å²) in [6, 6.07) is 12.6. The Bertz CT molecular complexity index is 1050. The highest BCUT2D eigenvalue weighted by molar-refractivity contribution is 8.00. The minimum atomic E-state index is -4.41. The zero-order valence-electron chi connectivity index (χ0n) is 17.6. The zero-order chi connectivity index (χ0) is 24.7. The van der Waals surface area contributed by atoms with Crippen LogP contribution in [0.15, 0.2) is 58.5 Å². The Morgan fingerprint density at radius 1 is 1.21 bits per heavy atom. The Kier molecular flexibility index (Phi) is 8.33. The number of anilines is 1. The molecular formula is C22H19F5N4O2S. The highest BCUT2D eigenvalue weighted by Gasteiger charge is 2.31. The van der Waals surface area contributed by atoms with Crippen LogP contribution in [0.3, 0.4) is 0 Å². The van der Waals surface area contributed by atoms with Crippen molar-refractivity contribution < 1.29 is 31.5 Å². The lowest BCUT2D eigenvalue weighted by Gasteiger charge is -2.15. The van der Waals surface area contributed by atoms with Gasteiger partial charge < -0.3 is 10.1 Å². The van der Waals surface area contributed by atoms with Crippen molar-refractivity contribution in [2.45, 2.75) is 36.3 Å². The van der Waals surface area contributed by atoms with E-state index in [9.17, 15) is 26.7 Å². The Balaban J connectivity index is 1.72. The molecule has 12 heteroatoms. The van der Waals surface area contributed by atoms with Gasteiger partial charge in [-0.1, -0.05) is 0 Å². The third kappa shape index (κ3) is 7.34. The van der Waals surface area contributed by atoms with E-state index in [1.54, 1.807) is 12.1 Å². The first-order valence-corrected chi connectivity index (χ1v) is 10.9. The summed E-state index contributed by atoms with van der Waals surface area (Å²) in [5.41, 5.74) is -2.92. The third-order valence-corrected chi connectivity index (χ3v) is 5.54. The van der Waals surface area contributed by atoms with Crippen molar-refractivity contribution in [1.29, 1.82) is 5.26 Å². The van der Waals surface area contributed by atoms with Gasteiger partial charge in [0.1, 0.15) is 5.75 Å². The van der Waals surface area contributed by atoms with Gasteiger partial charge in [0, 0.05) is 22.9 Å². The van der Waals surface area contributed by atoms with Crippen LogP contribution in [0.25, 0.3) is 0 Å². The average molecular weight is 498 g/mol. The number of hydrogen-bond acceptors (Lipinski definition) is 5. The molecule has 0 aromatic heterocycles. The second-order valence-electron chi connectivity index (χ2n) is 7.22. The predicted octanol–water partition coefficient (Wildman–Crippen LogP) is 6.46. The number of carbonyl (C=O) groups excluding carboxylic acids is 1. The first kappa shape index (κ1) is 25.3. The number of unbranched alkanes of at least 4 members (excludes halogenated alkanes) is 1. The van der Waals surface area contributed by atoms with Gasteiger partial charge in [0.05, 0.1) is 18.3 Å². The number of alkyl halides is 5. The van der Waals surface area contributed by atoms with Crippen LogP contribution in [-0.4, -0.2) is 35.4 Å². The number of hydrogen-bond donors (Lipinski definition) is 1. The van der Waals surface area contributed by atoms with E-state index in [-0.39, 0.29) is 34.9 Å². The predicted molar refractivity (Wildman–Crippen MR) is 117 cm³/mol. The Morgan fingerprint density at radius 3 is 2.47 bits per heavy atom. The zero-order valence-corrected chi connectivity index (χ0v) is 18.4. The van der Waals surface area contributed by atoms with Crippen LogP contribution in [0.2, 0.25) is 0 Å². The van der Waals surface area contributed by atoms with Crippen LogP contribution in [-0.2, 0) is 0 Å². The summed E-state index contributed by atoms with van der Waals surface area (Å²) in [6.45, 7) is -2.72. The van der Waals surface area contributed by atoms with Gasteiger partial charge in [0.15, 0.2) is 0 Å². The summed E-state index contributed by atoms with van der Waals surface area (Å²) >= 11 is -0.253. The van der Waals surface area contributed by atoms with Crippen molar-refractivity contribution in [3.05, 3.63) is 54.1 Å². The highest BCUT2D eigenvalue weighted by atomic mass is 32.2. The van der Waals surface area contributed by atoms with Crippen LogP contribution in [0.5, 0.6) is 5.75 Å². The number of benzene rings is 2. The summed E-state index contributed by atoms with van der Waals surface area (Å²) in [5, 5.41) is 17.0. The van der Waals surface area contributed by atoms with Crippen LogP contribution in [0.4, 0.5) is 32.4 Å². The molecule has 1 aliphatic heterocycles. The quantitative estimate of drug-likeness (QED) is 0.257. The average Bonchev–Trinajstić information content (AvgIpc) is 3.19. The number of hydrazone groups is 1. The van der Waals surface area contributed by atoms with E-state index in [1.165, 1.54) is 41.4 Å².